The van der Waals surface area contributed by atoms with Crippen molar-refractivity contribution in [3.8, 4) is 5.88 Å². The first-order valence-corrected chi connectivity index (χ1v) is 12.3. The number of benzene rings is 1. The number of aromatic nitrogens is 2. The molecule has 0 bridgehead atoms. The van der Waals surface area contributed by atoms with E-state index in [4.69, 9.17) is 4.74 Å². The predicted molar refractivity (Wildman–Crippen MR) is 133 cm³/mol. The molecular formula is C27H36F2N4O. The number of fused-ring (bicyclic) bond motifs is 3. The first-order valence-electron chi connectivity index (χ1n) is 12.3. The maximum Gasteiger partial charge on any atom is 0.216 e. The van der Waals surface area contributed by atoms with Crippen LogP contribution in [0, 0.1) is 12.7 Å². The second-order valence-corrected chi connectivity index (χ2v) is 9.35. The van der Waals surface area contributed by atoms with Gasteiger partial charge in [-0.1, -0.05) is 25.1 Å². The number of nitrogens with zero attached hydrogens (tertiary/aromatic N) is 3. The lowest BCUT2D eigenvalue weighted by atomic mass is 9.89. The first kappa shape index (κ1) is 24.6. The fourth-order valence-electron chi connectivity index (χ4n) is 5.08. The number of halogens is 2. The highest BCUT2D eigenvalue weighted by molar-refractivity contribution is 5.85. The van der Waals surface area contributed by atoms with Gasteiger partial charge in [0, 0.05) is 53.4 Å². The van der Waals surface area contributed by atoms with Crippen molar-refractivity contribution in [3.63, 3.8) is 0 Å². The zero-order valence-corrected chi connectivity index (χ0v) is 20.7. The SMILES string of the molecule is CCC(C)N1CCc2c([nH]c3ccccc23)C1c1c(F)cnc(OCCN(C)CCCF)c1C. The Morgan fingerprint density at radius 3 is 2.85 bits per heavy atom. The normalized spacial score (nSPS) is 17.3. The van der Waals surface area contributed by atoms with E-state index in [9.17, 15) is 4.39 Å². The third kappa shape index (κ3) is 4.82. The van der Waals surface area contributed by atoms with Crippen LogP contribution in [0.2, 0.25) is 0 Å². The van der Waals surface area contributed by atoms with E-state index < -0.39 is 0 Å². The molecule has 2 unspecified atom stereocenters. The van der Waals surface area contributed by atoms with Crippen LogP contribution in [0.4, 0.5) is 8.78 Å². The van der Waals surface area contributed by atoms with Crippen LogP contribution < -0.4 is 4.74 Å². The maximum absolute atomic E-state index is 15.5. The lowest BCUT2D eigenvalue weighted by Gasteiger charge is -2.40. The number of hydrogen-bond acceptors (Lipinski definition) is 4. The van der Waals surface area contributed by atoms with E-state index in [0.29, 0.717) is 43.6 Å². The Morgan fingerprint density at radius 1 is 1.29 bits per heavy atom. The molecule has 7 heteroatoms. The van der Waals surface area contributed by atoms with Crippen LogP contribution in [0.5, 0.6) is 5.88 Å². The number of likely N-dealkylation sites (N-methyl/N-ethyl adjacent to an activating group) is 1. The van der Waals surface area contributed by atoms with E-state index in [1.165, 1.54) is 17.1 Å². The zero-order chi connectivity index (χ0) is 24.2. The lowest BCUT2D eigenvalue weighted by molar-refractivity contribution is 0.147. The van der Waals surface area contributed by atoms with Crippen LogP contribution in [0.1, 0.15) is 55.1 Å². The fourth-order valence-corrected chi connectivity index (χ4v) is 5.08. The molecule has 1 aliphatic rings. The van der Waals surface area contributed by atoms with Gasteiger partial charge in [0.15, 0.2) is 0 Å². The summed E-state index contributed by atoms with van der Waals surface area (Å²) in [5.41, 5.74) is 4.79. The van der Waals surface area contributed by atoms with Gasteiger partial charge in [0.1, 0.15) is 12.4 Å². The molecule has 0 aliphatic carbocycles. The highest BCUT2D eigenvalue weighted by Gasteiger charge is 2.37. The average Bonchev–Trinajstić information content (AvgIpc) is 3.22. The van der Waals surface area contributed by atoms with Crippen molar-refractivity contribution in [2.75, 3.05) is 40.0 Å². The molecule has 3 aromatic rings. The summed E-state index contributed by atoms with van der Waals surface area (Å²) in [4.78, 5) is 12.3. The van der Waals surface area contributed by atoms with Gasteiger partial charge >= 0.3 is 0 Å². The summed E-state index contributed by atoms with van der Waals surface area (Å²) in [6, 6.07) is 8.38. The highest BCUT2D eigenvalue weighted by Crippen LogP contribution is 2.42. The number of ether oxygens (including phenoxy) is 1. The molecule has 184 valence electrons. The van der Waals surface area contributed by atoms with Gasteiger partial charge in [0.25, 0.3) is 0 Å². The molecule has 1 aliphatic heterocycles. The Labute approximate surface area is 201 Å². The molecule has 2 aromatic heterocycles. The minimum atomic E-state index is -0.322. The van der Waals surface area contributed by atoms with E-state index in [-0.39, 0.29) is 18.5 Å². The maximum atomic E-state index is 15.5. The second-order valence-electron chi connectivity index (χ2n) is 9.35. The van der Waals surface area contributed by atoms with Crippen LogP contribution in [0.25, 0.3) is 10.9 Å². The molecule has 4 rings (SSSR count). The molecule has 5 nitrogen and oxygen atoms in total. The van der Waals surface area contributed by atoms with Gasteiger partial charge in [0.05, 0.1) is 18.9 Å². The van der Waals surface area contributed by atoms with Crippen molar-refractivity contribution < 1.29 is 13.5 Å². The van der Waals surface area contributed by atoms with Gasteiger partial charge in [-0.2, -0.15) is 0 Å². The summed E-state index contributed by atoms with van der Waals surface area (Å²) >= 11 is 0. The Morgan fingerprint density at radius 2 is 2.09 bits per heavy atom. The number of aromatic amines is 1. The van der Waals surface area contributed by atoms with Crippen LogP contribution in [-0.4, -0.2) is 65.8 Å². The van der Waals surface area contributed by atoms with Crippen LogP contribution in [0.3, 0.4) is 0 Å². The standard InChI is InChI=1S/C27H36F2N4O/c1-5-18(2)33-14-11-21-20-9-6-7-10-23(20)31-25(21)26(33)24-19(3)27(30-17-22(24)29)34-16-15-32(4)13-8-12-28/h6-7,9-10,17-18,26,31H,5,8,11-16H2,1-4H3. The number of alkyl halides is 1. The van der Waals surface area contributed by atoms with E-state index in [2.05, 4.69) is 46.9 Å². The molecule has 1 N–H and O–H groups in total. The molecule has 0 radical (unpaired) electrons. The molecule has 3 heterocycles. The summed E-state index contributed by atoms with van der Waals surface area (Å²) < 4.78 is 33.9. The predicted octanol–water partition coefficient (Wildman–Crippen LogP) is 5.43. The van der Waals surface area contributed by atoms with E-state index in [1.807, 2.05) is 24.9 Å². The van der Waals surface area contributed by atoms with E-state index in [0.717, 1.165) is 36.2 Å². The third-order valence-corrected chi connectivity index (χ3v) is 7.16. The van der Waals surface area contributed by atoms with E-state index in [1.54, 1.807) is 0 Å². The molecule has 1 aromatic carbocycles. The number of para-hydroxylation sites is 1. The number of nitrogens with one attached hydrogen (secondary N) is 1. The van der Waals surface area contributed by atoms with Gasteiger partial charge in [-0.05, 0) is 51.8 Å². The van der Waals surface area contributed by atoms with Gasteiger partial charge in [-0.3, -0.25) is 9.29 Å². The minimum absolute atomic E-state index is 0.233. The van der Waals surface area contributed by atoms with Crippen LogP contribution >= 0.6 is 0 Å². The van der Waals surface area contributed by atoms with Crippen molar-refractivity contribution in [2.45, 2.75) is 52.1 Å². The van der Waals surface area contributed by atoms with Crippen molar-refractivity contribution in [2.24, 2.45) is 0 Å². The molecule has 0 fully saturated rings. The Hall–Kier alpha value is -2.51. The lowest BCUT2D eigenvalue weighted by Crippen LogP contribution is -2.42. The summed E-state index contributed by atoms with van der Waals surface area (Å²) in [6.07, 6.45) is 3.71. The molecule has 2 atom stereocenters. The number of hydrogen-bond donors (Lipinski definition) is 1. The number of H-pyrrole nitrogens is 1. The Balaban J connectivity index is 1.70. The Bertz CT molecular complexity index is 1120. The van der Waals surface area contributed by atoms with Crippen molar-refractivity contribution in [3.05, 3.63) is 58.7 Å². The van der Waals surface area contributed by atoms with E-state index >= 15 is 4.39 Å². The topological polar surface area (TPSA) is 44.4 Å². The molecule has 34 heavy (non-hydrogen) atoms. The van der Waals surface area contributed by atoms with Gasteiger partial charge < -0.3 is 14.6 Å². The largest absolute Gasteiger partial charge is 0.476 e. The molecule has 0 saturated heterocycles. The minimum Gasteiger partial charge on any atom is -0.476 e. The summed E-state index contributed by atoms with van der Waals surface area (Å²) in [5, 5.41) is 1.21. The average molecular weight is 471 g/mol. The van der Waals surface area contributed by atoms with Crippen LogP contribution in [-0.2, 0) is 6.42 Å². The summed E-state index contributed by atoms with van der Waals surface area (Å²) in [7, 11) is 1.94. The second kappa shape index (κ2) is 10.8. The third-order valence-electron chi connectivity index (χ3n) is 7.16. The number of pyridine rings is 1. The summed E-state index contributed by atoms with van der Waals surface area (Å²) in [5.74, 6) is 0.150. The fraction of sp³-hybridized carbons (Fsp3) is 0.519. The van der Waals surface area contributed by atoms with Gasteiger partial charge in [0.2, 0.25) is 5.88 Å². The molecule has 0 amide bonds. The molecule has 0 spiro atoms. The Kier molecular flexibility index (Phi) is 7.84. The quantitative estimate of drug-likeness (QED) is 0.429. The monoisotopic (exact) mass is 470 g/mol. The van der Waals surface area contributed by atoms with Gasteiger partial charge in [-0.25, -0.2) is 9.37 Å². The molecule has 0 saturated carbocycles. The summed E-state index contributed by atoms with van der Waals surface area (Å²) in [6.45, 7) is 8.57. The highest BCUT2D eigenvalue weighted by atomic mass is 19.1. The number of rotatable bonds is 10. The van der Waals surface area contributed by atoms with Crippen molar-refractivity contribution in [1.82, 2.24) is 19.8 Å². The first-order chi connectivity index (χ1) is 16.5. The molecular weight excluding hydrogens is 434 g/mol. The van der Waals surface area contributed by atoms with Crippen LogP contribution in [0.15, 0.2) is 30.5 Å². The van der Waals surface area contributed by atoms with Crippen molar-refractivity contribution in [1.29, 1.82) is 0 Å². The van der Waals surface area contributed by atoms with Gasteiger partial charge in [-0.15, -0.1) is 0 Å². The zero-order valence-electron chi connectivity index (χ0n) is 20.7. The van der Waals surface area contributed by atoms with Crippen molar-refractivity contribution >= 4 is 10.9 Å². The smallest absolute Gasteiger partial charge is 0.216 e.